The molecule has 0 heterocycles. The zero-order valence-electron chi connectivity index (χ0n) is 66.4. The largest absolute Gasteiger partial charge is 0.513 e. The summed E-state index contributed by atoms with van der Waals surface area (Å²) in [5, 5.41) is 18.0. The van der Waals surface area contributed by atoms with Crippen molar-refractivity contribution in [2.24, 2.45) is 29.1 Å². The Balaban J connectivity index is 0.000000306. The molecule has 101 heavy (non-hydrogen) atoms. The number of phenols is 2. The summed E-state index contributed by atoms with van der Waals surface area (Å²) in [6.07, 6.45) is 15.6. The fourth-order valence-electron chi connectivity index (χ4n) is 12.6. The van der Waals surface area contributed by atoms with Gasteiger partial charge >= 0.3 is 6.16 Å². The van der Waals surface area contributed by atoms with Gasteiger partial charge in [0.25, 0.3) is 0 Å². The first-order chi connectivity index (χ1) is 48.1. The Hall–Kier alpha value is -6.53. The van der Waals surface area contributed by atoms with Crippen LogP contribution in [0.5, 0.6) is 34.5 Å². The smallest absolute Gasteiger partial charge is 0.508 e. The number of carbonyl (C=O) groups excluding carboxylic acids is 1. The van der Waals surface area contributed by atoms with E-state index in [9.17, 15) is 4.79 Å². The van der Waals surface area contributed by atoms with E-state index in [4.69, 9.17) is 48.1 Å². The van der Waals surface area contributed by atoms with E-state index in [0.717, 1.165) is 99.9 Å². The van der Waals surface area contributed by atoms with Gasteiger partial charge in [0.2, 0.25) is 0 Å². The minimum Gasteiger partial charge on any atom is -0.508 e. The van der Waals surface area contributed by atoms with Gasteiger partial charge in [-0.05, 0) is 281 Å². The van der Waals surface area contributed by atoms with E-state index in [1.165, 1.54) is 59.1 Å². The summed E-state index contributed by atoms with van der Waals surface area (Å²) >= 11 is 0. The molecule has 2 N–H and O–H groups in total. The van der Waals surface area contributed by atoms with Gasteiger partial charge in [0.15, 0.2) is 18.9 Å². The molecule has 0 aliphatic heterocycles. The van der Waals surface area contributed by atoms with Crippen LogP contribution in [0.25, 0.3) is 0 Å². The summed E-state index contributed by atoms with van der Waals surface area (Å²) in [6.45, 7) is 46.9. The van der Waals surface area contributed by atoms with Gasteiger partial charge in [-0.1, -0.05) is 197 Å². The monoisotopic (exact) mass is 1390 g/mol. The van der Waals surface area contributed by atoms with Crippen LogP contribution in [0.3, 0.4) is 0 Å². The first-order valence-corrected chi connectivity index (χ1v) is 38.9. The Morgan fingerprint density at radius 2 is 0.604 bits per heavy atom. The van der Waals surface area contributed by atoms with Gasteiger partial charge in [0.05, 0.1) is 25.4 Å². The second-order valence-corrected chi connectivity index (χ2v) is 30.2. The third-order valence-corrected chi connectivity index (χ3v) is 20.9. The lowest BCUT2D eigenvalue weighted by Crippen LogP contribution is -2.40. The summed E-state index contributed by atoms with van der Waals surface area (Å²) in [5.74, 6) is 9.69. The predicted molar refractivity (Wildman–Crippen MR) is 420 cm³/mol. The number of phenolic OH excluding ortho intramolecular Hbond substituents is 2. The van der Waals surface area contributed by atoms with Crippen LogP contribution in [0.4, 0.5) is 4.79 Å². The van der Waals surface area contributed by atoms with Gasteiger partial charge in [-0.15, -0.1) is 0 Å². The molecular formula is C90H136O11. The van der Waals surface area contributed by atoms with Crippen molar-refractivity contribution in [2.75, 3.05) is 13.2 Å². The number of aromatic hydroxyl groups is 2. The molecule has 11 heteroatoms. The fraction of sp³-hybridized carbons (Fsp3) is 0.589. The van der Waals surface area contributed by atoms with E-state index in [2.05, 4.69) is 171 Å². The van der Waals surface area contributed by atoms with Gasteiger partial charge in [-0.2, -0.15) is 0 Å². The van der Waals surface area contributed by atoms with Crippen LogP contribution >= 0.6 is 0 Å². The normalized spacial score (nSPS) is 18.6. The van der Waals surface area contributed by atoms with Crippen molar-refractivity contribution in [1.29, 1.82) is 0 Å². The predicted octanol–water partition coefficient (Wildman–Crippen LogP) is 25.8. The molecule has 6 aromatic rings. The summed E-state index contributed by atoms with van der Waals surface area (Å²) in [7, 11) is 0. The molecular weight excluding hydrogens is 1260 g/mol. The Bertz CT molecular complexity index is 2950. The van der Waals surface area contributed by atoms with E-state index in [0.29, 0.717) is 88.8 Å². The van der Waals surface area contributed by atoms with Crippen molar-refractivity contribution in [2.45, 2.75) is 302 Å². The number of rotatable bonds is 30. The standard InChI is InChI=1S/C39H60O4.C16H26O2.C15H22O3.2C10H14O/c1-9-27(3)31-11-19-35(20-12-31)40-29(5)42-37-23-15-33(16-24-37)39(7,8)34-17-25-38(26-18-34)43-30(6)41-36-21-13-32(14-22-36)28(4)10-2;1-6-13(4)15-7-9-16(10-8-15)18-14(5)17-11-12(2)3;1-5-12(4)13-6-8-14(9-7-13)18-15(16)17-10-11(2)3;2*1-3-8(2)9-4-6-10(11)7-5-9/h11-14,19-22,27-30,33-34,37-38H,9-10,15-18,23-26H2,1-8H3;7-10,12-14H,6,11H2,1-5H3;6-9,11-12H,5,10H2,1-4H3;2*4-8,11H,3H2,1-2H3. The Morgan fingerprint density at radius 3 is 0.861 bits per heavy atom. The molecule has 2 aliphatic carbocycles. The molecule has 11 nitrogen and oxygen atoms in total. The lowest BCUT2D eigenvalue weighted by Gasteiger charge is -2.47. The quantitative estimate of drug-likeness (QED) is 0.0254. The fourth-order valence-corrected chi connectivity index (χ4v) is 12.6. The van der Waals surface area contributed by atoms with Crippen molar-refractivity contribution in [3.63, 3.8) is 0 Å². The van der Waals surface area contributed by atoms with Gasteiger partial charge in [-0.3, -0.25) is 0 Å². The topological polar surface area (TPSA) is 131 Å². The molecule has 2 saturated carbocycles. The van der Waals surface area contributed by atoms with Crippen LogP contribution < -0.4 is 18.9 Å². The van der Waals surface area contributed by atoms with E-state index in [-0.39, 0.29) is 18.9 Å². The number of hydrogen-bond donors (Lipinski definition) is 2. The van der Waals surface area contributed by atoms with Gasteiger partial charge in [-0.25, -0.2) is 4.79 Å². The molecule has 2 aliphatic rings. The molecule has 0 aromatic heterocycles. The van der Waals surface area contributed by atoms with Gasteiger partial charge in [0.1, 0.15) is 34.5 Å². The zero-order valence-corrected chi connectivity index (χ0v) is 66.4. The second-order valence-electron chi connectivity index (χ2n) is 30.2. The Labute approximate surface area is 613 Å². The van der Waals surface area contributed by atoms with Crippen molar-refractivity contribution in [1.82, 2.24) is 0 Å². The van der Waals surface area contributed by atoms with Crippen molar-refractivity contribution >= 4 is 6.16 Å². The summed E-state index contributed by atoms with van der Waals surface area (Å²) in [4.78, 5) is 11.3. The maximum Gasteiger partial charge on any atom is 0.513 e. The van der Waals surface area contributed by atoms with E-state index >= 15 is 0 Å². The summed E-state index contributed by atoms with van der Waals surface area (Å²) in [6, 6.07) is 47.8. The van der Waals surface area contributed by atoms with Crippen LogP contribution in [-0.2, 0) is 18.9 Å². The molecule has 562 valence electrons. The van der Waals surface area contributed by atoms with Gasteiger partial charge < -0.3 is 48.1 Å². The minimum absolute atomic E-state index is 0.193. The second kappa shape index (κ2) is 46.2. The average molecular weight is 1390 g/mol. The molecule has 9 unspecified atom stereocenters. The lowest BCUT2D eigenvalue weighted by molar-refractivity contribution is -0.132. The summed E-state index contributed by atoms with van der Waals surface area (Å²) in [5.41, 5.74) is 8.28. The Morgan fingerprint density at radius 1 is 0.356 bits per heavy atom. The zero-order chi connectivity index (χ0) is 74.6. The highest BCUT2D eigenvalue weighted by atomic mass is 16.7. The maximum absolute atomic E-state index is 11.3. The van der Waals surface area contributed by atoms with Crippen LogP contribution in [0.15, 0.2) is 146 Å². The van der Waals surface area contributed by atoms with Crippen molar-refractivity contribution in [3.8, 4) is 34.5 Å². The van der Waals surface area contributed by atoms with E-state index in [1.54, 1.807) is 36.4 Å². The molecule has 0 amide bonds. The number of benzene rings is 6. The van der Waals surface area contributed by atoms with E-state index in [1.807, 2.05) is 83.1 Å². The van der Waals surface area contributed by atoms with Crippen molar-refractivity contribution in [3.05, 3.63) is 179 Å². The van der Waals surface area contributed by atoms with Gasteiger partial charge in [0, 0.05) is 0 Å². The average Bonchev–Trinajstić information content (AvgIpc) is 0.802. The van der Waals surface area contributed by atoms with Crippen molar-refractivity contribution < 1.29 is 52.9 Å². The van der Waals surface area contributed by atoms with Crippen LogP contribution in [-0.4, -0.2) is 60.7 Å². The first-order valence-electron chi connectivity index (χ1n) is 38.9. The SMILES string of the molecule is CCC(C)c1ccc(O)cc1.CCC(C)c1ccc(O)cc1.CCC(C)c1ccc(OC(=O)OCC(C)C)cc1.CCC(C)c1ccc(OC(C)OC2CCC(C(C)(C)C3CCC(OC(C)Oc4ccc(C(C)CC)cc4)CC3)CC2)cc1.CCC(C)c1ccc(OC(C)OCC(C)C)cc1. The molecule has 6 aromatic carbocycles. The molecule has 2 fully saturated rings. The summed E-state index contributed by atoms with van der Waals surface area (Å²) < 4.78 is 46.3. The molecule has 0 saturated heterocycles. The first kappa shape index (κ1) is 86.9. The highest BCUT2D eigenvalue weighted by Gasteiger charge is 2.41. The third-order valence-electron chi connectivity index (χ3n) is 20.9. The third kappa shape index (κ3) is 32.4. The highest BCUT2D eigenvalue weighted by molar-refractivity contribution is 5.63. The van der Waals surface area contributed by atoms with Crippen LogP contribution in [0.2, 0.25) is 0 Å². The molecule has 0 spiro atoms. The lowest BCUT2D eigenvalue weighted by atomic mass is 9.60. The van der Waals surface area contributed by atoms with Crippen LogP contribution in [0, 0.1) is 29.1 Å². The minimum atomic E-state index is -0.639. The highest BCUT2D eigenvalue weighted by Crippen LogP contribution is 2.49. The number of ether oxygens (including phenoxy) is 8. The molecule has 8 rings (SSSR count). The number of carbonyl (C=O) groups is 1. The Kier molecular flexibility index (Phi) is 39.8. The molecule has 9 atom stereocenters. The molecule has 0 bridgehead atoms. The number of hydrogen-bond acceptors (Lipinski definition) is 11. The molecule has 0 radical (unpaired) electrons. The van der Waals surface area contributed by atoms with Crippen LogP contribution in [0.1, 0.15) is 304 Å². The maximum atomic E-state index is 11.3. The van der Waals surface area contributed by atoms with E-state index < -0.39 is 6.16 Å².